The third-order valence-electron chi connectivity index (χ3n) is 4.43. The molecule has 7 nitrogen and oxygen atoms in total. The Morgan fingerprint density at radius 1 is 0.587 bits per heavy atom. The van der Waals surface area contributed by atoms with Crippen molar-refractivity contribution in [2.75, 3.05) is 19.9 Å². The number of carbonyl (C=O) groups excluding carboxylic acids is 1. The average molecular weight is 774 g/mol. The first-order valence-electron chi connectivity index (χ1n) is 13.8. The lowest BCUT2D eigenvalue weighted by molar-refractivity contribution is -0.115. The van der Waals surface area contributed by atoms with Crippen LogP contribution in [0.1, 0.15) is 92.5 Å². The van der Waals surface area contributed by atoms with E-state index in [9.17, 15) is 4.79 Å². The Hall–Kier alpha value is 0.471. The van der Waals surface area contributed by atoms with Crippen LogP contribution >= 0.6 is 0 Å². The third kappa shape index (κ3) is 51.3. The van der Waals surface area contributed by atoms with Crippen LogP contribution in [0.4, 0.5) is 0 Å². The normalized spacial score (nSPS) is 12.0. The topological polar surface area (TPSA) is 72.5 Å². The molecule has 0 rings (SSSR count). The quantitative estimate of drug-likeness (QED) is 0.0828. The Balaban J connectivity index is -0.0000000483. The van der Waals surface area contributed by atoms with Gasteiger partial charge in [0.1, 0.15) is 5.78 Å². The smallest absolute Gasteiger partial charge is 0.333 e. The molecule has 0 saturated carbocycles. The number of rotatable bonds is 17. The maximum absolute atomic E-state index is 11.2. The van der Waals surface area contributed by atoms with Crippen LogP contribution < -0.4 is 0 Å². The molecule has 0 spiro atoms. The van der Waals surface area contributed by atoms with Gasteiger partial charge >= 0.3 is 25.7 Å². The van der Waals surface area contributed by atoms with Crippen molar-refractivity contribution >= 4 is 56.4 Å². The van der Waals surface area contributed by atoms with Gasteiger partial charge in [0.05, 0.1) is 6.23 Å². The Bertz CT molecular complexity index is 653. The molecule has 46 heavy (non-hydrogen) atoms. The molecular formula is C33H96O7Si6. The number of ketones is 1. The standard InChI is InChI=1S/C13H34O3Si3.C10H26O4Si3.C2H4.8CH4/c1-9-10-11-12-14-13-18(5,6)16-19(7,8)15-17(2,3)4;1-10(11)9-17(8,12-2)14-16(6,7)13-15(3,4)5;1-2;;;;;;;;/h9-13H2,1-8H3;9H2,1-8H3;1-2H2;8*1H4. The highest BCUT2D eigenvalue weighted by molar-refractivity contribution is 6.88. The summed E-state index contributed by atoms with van der Waals surface area (Å²) in [5.74, 6) is 0.110. The molecule has 0 N–H and O–H groups in total. The zero-order valence-electron chi connectivity index (χ0n) is 28.0. The predicted octanol–water partition coefficient (Wildman–Crippen LogP) is 13.3. The SMILES string of the molecule is C.C.C.C.C.C.C.C.C=C.CCCCCOC[Si](C)(C)O[Si](C)(C)O[Si](C)(C)C.CO[Si](C)(CC(C)=O)O[Si](C)(C)O[Si](C)(C)C. The van der Waals surface area contributed by atoms with Crippen LogP contribution in [0.5, 0.6) is 0 Å². The van der Waals surface area contributed by atoms with Gasteiger partial charge in [0.15, 0.2) is 16.6 Å². The van der Waals surface area contributed by atoms with Gasteiger partial charge in [0.2, 0.25) is 8.32 Å². The fourth-order valence-electron chi connectivity index (χ4n) is 4.11. The van der Waals surface area contributed by atoms with Crippen LogP contribution in [0.25, 0.3) is 0 Å². The minimum Gasteiger partial charge on any atom is -0.437 e. The average Bonchev–Trinajstić information content (AvgIpc) is 2.63. The largest absolute Gasteiger partial charge is 0.437 e. The van der Waals surface area contributed by atoms with Crippen LogP contribution in [0.15, 0.2) is 13.2 Å². The molecule has 0 aliphatic carbocycles. The zero-order chi connectivity index (χ0) is 31.1. The molecule has 0 aliphatic rings. The number of carbonyl (C=O) groups is 1. The summed E-state index contributed by atoms with van der Waals surface area (Å²) in [5, 5.41) is 0. The van der Waals surface area contributed by atoms with Gasteiger partial charge < -0.3 is 30.4 Å². The van der Waals surface area contributed by atoms with Gasteiger partial charge in [-0.25, -0.2) is 0 Å². The van der Waals surface area contributed by atoms with E-state index in [-0.39, 0.29) is 65.2 Å². The van der Waals surface area contributed by atoms with E-state index in [4.69, 9.17) is 25.6 Å². The van der Waals surface area contributed by atoms with Crippen molar-refractivity contribution < 1.29 is 30.4 Å². The van der Waals surface area contributed by atoms with Crippen molar-refractivity contribution in [2.45, 2.75) is 184 Å². The third-order valence-corrected chi connectivity index (χ3v) is 24.0. The molecule has 0 heterocycles. The molecule has 1 atom stereocenters. The van der Waals surface area contributed by atoms with E-state index in [2.05, 4.69) is 85.6 Å². The summed E-state index contributed by atoms with van der Waals surface area (Å²) >= 11 is 0. The van der Waals surface area contributed by atoms with Crippen molar-refractivity contribution in [3.8, 4) is 0 Å². The second kappa shape index (κ2) is 33.9. The highest BCUT2D eigenvalue weighted by Gasteiger charge is 2.42. The van der Waals surface area contributed by atoms with Gasteiger partial charge in [-0.3, -0.25) is 0 Å². The van der Waals surface area contributed by atoms with Crippen LogP contribution in [-0.2, 0) is 30.4 Å². The van der Waals surface area contributed by atoms with Gasteiger partial charge in [0.25, 0.3) is 0 Å². The number of ether oxygens (including phenoxy) is 1. The second-order valence-electron chi connectivity index (χ2n) is 13.2. The molecule has 0 amide bonds. The van der Waals surface area contributed by atoms with Crippen molar-refractivity contribution in [1.29, 1.82) is 0 Å². The molecular weight excluding hydrogens is 677 g/mol. The van der Waals surface area contributed by atoms with Gasteiger partial charge in [-0.05, 0) is 98.5 Å². The molecule has 0 saturated heterocycles. The molecule has 13 heteroatoms. The predicted molar refractivity (Wildman–Crippen MR) is 233 cm³/mol. The highest BCUT2D eigenvalue weighted by Crippen LogP contribution is 2.23. The summed E-state index contributed by atoms with van der Waals surface area (Å²) in [6, 6.07) is 0.384. The van der Waals surface area contributed by atoms with Gasteiger partial charge in [-0.2, -0.15) is 0 Å². The van der Waals surface area contributed by atoms with Gasteiger partial charge in [-0.1, -0.05) is 79.2 Å². The lowest BCUT2D eigenvalue weighted by Crippen LogP contribution is -2.54. The molecule has 0 aromatic rings. The molecule has 0 aromatic carbocycles. The maximum atomic E-state index is 11.2. The Morgan fingerprint density at radius 3 is 1.22 bits per heavy atom. The van der Waals surface area contributed by atoms with E-state index in [0.29, 0.717) is 6.04 Å². The number of unbranched alkanes of at least 4 members (excludes halogenated alkanes) is 2. The van der Waals surface area contributed by atoms with E-state index >= 15 is 0 Å². The van der Waals surface area contributed by atoms with E-state index < -0.39 is 50.6 Å². The van der Waals surface area contributed by atoms with E-state index in [1.807, 2.05) is 19.6 Å². The monoisotopic (exact) mass is 773 g/mol. The van der Waals surface area contributed by atoms with Crippen molar-refractivity contribution in [2.24, 2.45) is 0 Å². The fourth-order valence-corrected chi connectivity index (χ4v) is 29.0. The Labute approximate surface area is 302 Å². The first-order valence-corrected chi connectivity index (χ1v) is 31.9. The maximum Gasteiger partial charge on any atom is 0.333 e. The first-order chi connectivity index (χ1) is 16.9. The zero-order valence-corrected chi connectivity index (χ0v) is 34.0. The molecule has 0 aliphatic heterocycles. The van der Waals surface area contributed by atoms with E-state index in [1.165, 1.54) is 12.8 Å². The summed E-state index contributed by atoms with van der Waals surface area (Å²) in [6.07, 6.45) is 4.43. The van der Waals surface area contributed by atoms with Gasteiger partial charge in [0, 0.05) is 19.8 Å². The van der Waals surface area contributed by atoms with Gasteiger partial charge in [-0.15, -0.1) is 13.2 Å². The van der Waals surface area contributed by atoms with Crippen LogP contribution in [0.3, 0.4) is 0 Å². The molecule has 0 radical (unpaired) electrons. The minimum absolute atomic E-state index is 0. The Kier molecular flexibility index (Phi) is 56.4. The Morgan fingerprint density at radius 2 is 0.935 bits per heavy atom. The van der Waals surface area contributed by atoms with Crippen molar-refractivity contribution in [3.05, 3.63) is 13.2 Å². The summed E-state index contributed by atoms with van der Waals surface area (Å²) in [5.41, 5.74) is 0. The van der Waals surface area contributed by atoms with E-state index in [0.717, 1.165) is 19.3 Å². The van der Waals surface area contributed by atoms with E-state index in [1.54, 1.807) is 14.0 Å². The fraction of sp³-hybridized carbons (Fsp3) is 0.909. The molecule has 0 aromatic heterocycles. The number of Topliss-reactive ketones (excluding diaryl/α,β-unsaturated/α-hetero) is 1. The molecule has 1 unspecified atom stereocenters. The number of hydrogen-bond acceptors (Lipinski definition) is 7. The molecule has 0 fully saturated rings. The lowest BCUT2D eigenvalue weighted by Gasteiger charge is -2.37. The van der Waals surface area contributed by atoms with Crippen LogP contribution in [0, 0.1) is 0 Å². The minimum atomic E-state index is -2.41. The highest BCUT2D eigenvalue weighted by atomic mass is 28.5. The summed E-state index contributed by atoms with van der Waals surface area (Å²) in [7, 11) is -9.93. The second-order valence-corrected chi connectivity index (χ2v) is 37.3. The van der Waals surface area contributed by atoms with Crippen LogP contribution in [-0.4, -0.2) is 76.4 Å². The van der Waals surface area contributed by atoms with Crippen LogP contribution in [0.2, 0.25) is 91.2 Å². The molecule has 294 valence electrons. The number of hydrogen-bond donors (Lipinski definition) is 0. The first kappa shape index (κ1) is 76.4. The lowest BCUT2D eigenvalue weighted by atomic mass is 10.3. The molecule has 0 bridgehead atoms. The van der Waals surface area contributed by atoms with Crippen molar-refractivity contribution in [3.63, 3.8) is 0 Å². The summed E-state index contributed by atoms with van der Waals surface area (Å²) in [4.78, 5) is 11.2. The summed E-state index contributed by atoms with van der Waals surface area (Å²) < 4.78 is 36.1. The summed E-state index contributed by atoms with van der Waals surface area (Å²) in [6.45, 7) is 38.5. The van der Waals surface area contributed by atoms with Crippen molar-refractivity contribution in [1.82, 2.24) is 0 Å².